The molecule has 5 heteroatoms. The number of amides is 2. The van der Waals surface area contributed by atoms with Crippen LogP contribution in [-0.4, -0.2) is 27.1 Å². The van der Waals surface area contributed by atoms with Crippen LogP contribution in [0.3, 0.4) is 0 Å². The number of hydrogen-bond donors (Lipinski definition) is 1. The molecule has 3 rings (SSSR count). The number of rotatable bonds is 5. The fraction of sp³-hybridized carbons (Fsp3) is 0.522. The molecule has 0 bridgehead atoms. The molecule has 152 valence electrons. The van der Waals surface area contributed by atoms with Crippen LogP contribution in [-0.2, 0) is 13.1 Å². The smallest absolute Gasteiger partial charge is 0.318 e. The molecule has 0 spiro atoms. The molecule has 1 aliphatic rings. The monoisotopic (exact) mass is 401 g/mol. The summed E-state index contributed by atoms with van der Waals surface area (Å²) in [5.41, 5.74) is 2.06. The molecular formula is C23H32ClN3O. The normalized spacial score (nSPS) is 15.4. The molecule has 1 heterocycles. The topological polar surface area (TPSA) is 37.3 Å². The van der Waals surface area contributed by atoms with Crippen LogP contribution >= 0.6 is 11.6 Å². The van der Waals surface area contributed by atoms with Gasteiger partial charge < -0.3 is 14.8 Å². The van der Waals surface area contributed by atoms with Gasteiger partial charge in [-0.3, -0.25) is 0 Å². The second kappa shape index (κ2) is 9.04. The van der Waals surface area contributed by atoms with Crippen molar-refractivity contribution < 1.29 is 4.79 Å². The molecule has 2 amide bonds. The molecule has 0 saturated heterocycles. The van der Waals surface area contributed by atoms with Crippen LogP contribution in [0.15, 0.2) is 42.6 Å². The predicted octanol–water partition coefficient (Wildman–Crippen LogP) is 5.83. The first-order valence-corrected chi connectivity index (χ1v) is 10.7. The predicted molar refractivity (Wildman–Crippen MR) is 116 cm³/mol. The Morgan fingerprint density at radius 1 is 1.18 bits per heavy atom. The number of aromatic nitrogens is 1. The lowest BCUT2D eigenvalue weighted by Gasteiger charge is -2.36. The molecule has 1 aliphatic carbocycles. The van der Waals surface area contributed by atoms with Gasteiger partial charge in [0.15, 0.2) is 0 Å². The van der Waals surface area contributed by atoms with Crippen molar-refractivity contribution in [1.29, 1.82) is 0 Å². The maximum absolute atomic E-state index is 13.1. The Hall–Kier alpha value is -1.94. The largest absolute Gasteiger partial charge is 0.345 e. The van der Waals surface area contributed by atoms with E-state index in [2.05, 4.69) is 34.3 Å². The maximum atomic E-state index is 13.1. The average molecular weight is 402 g/mol. The van der Waals surface area contributed by atoms with Crippen LogP contribution in [0.4, 0.5) is 4.79 Å². The van der Waals surface area contributed by atoms with Gasteiger partial charge in [-0.25, -0.2) is 4.79 Å². The molecule has 0 atom stereocenters. The second-order valence-corrected chi connectivity index (χ2v) is 9.29. The van der Waals surface area contributed by atoms with E-state index >= 15 is 0 Å². The van der Waals surface area contributed by atoms with Crippen molar-refractivity contribution in [3.05, 3.63) is 58.9 Å². The summed E-state index contributed by atoms with van der Waals surface area (Å²) >= 11 is 6.14. The lowest BCUT2D eigenvalue weighted by molar-refractivity contribution is 0.142. The molecule has 0 radical (unpaired) electrons. The zero-order valence-electron chi connectivity index (χ0n) is 17.2. The minimum atomic E-state index is -0.243. The Morgan fingerprint density at radius 3 is 2.61 bits per heavy atom. The summed E-state index contributed by atoms with van der Waals surface area (Å²) in [7, 11) is 0. The average Bonchev–Trinajstić information content (AvgIpc) is 3.05. The van der Waals surface area contributed by atoms with Gasteiger partial charge in [-0.15, -0.1) is 0 Å². The molecule has 0 aliphatic heterocycles. The fourth-order valence-electron chi connectivity index (χ4n) is 3.91. The van der Waals surface area contributed by atoms with Crippen molar-refractivity contribution >= 4 is 17.6 Å². The van der Waals surface area contributed by atoms with Gasteiger partial charge in [0.1, 0.15) is 0 Å². The van der Waals surface area contributed by atoms with E-state index in [-0.39, 0.29) is 11.6 Å². The lowest BCUT2D eigenvalue weighted by Crippen LogP contribution is -2.52. The summed E-state index contributed by atoms with van der Waals surface area (Å²) in [5.74, 6) is 0. The summed E-state index contributed by atoms with van der Waals surface area (Å²) < 4.78 is 2.21. The molecule has 1 aromatic carbocycles. The number of urea groups is 1. The summed E-state index contributed by atoms with van der Waals surface area (Å²) in [6, 6.07) is 12.5. The number of hydrogen-bond acceptors (Lipinski definition) is 1. The Kier molecular flexibility index (Phi) is 6.71. The van der Waals surface area contributed by atoms with Gasteiger partial charge in [0.05, 0.1) is 6.54 Å². The van der Waals surface area contributed by atoms with Gasteiger partial charge >= 0.3 is 6.03 Å². The Balaban J connectivity index is 1.78. The first-order chi connectivity index (χ1) is 13.3. The zero-order valence-corrected chi connectivity index (χ0v) is 18.0. The number of nitrogens with zero attached hydrogens (tertiary/aromatic N) is 2. The van der Waals surface area contributed by atoms with Crippen molar-refractivity contribution in [2.45, 2.75) is 77.5 Å². The van der Waals surface area contributed by atoms with E-state index in [9.17, 15) is 4.79 Å². The van der Waals surface area contributed by atoms with E-state index in [1.54, 1.807) is 0 Å². The summed E-state index contributed by atoms with van der Waals surface area (Å²) in [4.78, 5) is 15.1. The third kappa shape index (κ3) is 5.78. The summed E-state index contributed by atoms with van der Waals surface area (Å²) in [6.45, 7) is 7.48. The van der Waals surface area contributed by atoms with Gasteiger partial charge in [0.25, 0.3) is 0 Å². The van der Waals surface area contributed by atoms with Gasteiger partial charge in [-0.05, 0) is 63.4 Å². The Morgan fingerprint density at radius 2 is 1.93 bits per heavy atom. The third-order valence-corrected chi connectivity index (χ3v) is 5.49. The van der Waals surface area contributed by atoms with E-state index in [4.69, 9.17) is 11.6 Å². The highest BCUT2D eigenvalue weighted by molar-refractivity contribution is 6.30. The highest BCUT2D eigenvalue weighted by Crippen LogP contribution is 2.25. The molecule has 4 nitrogen and oxygen atoms in total. The van der Waals surface area contributed by atoms with E-state index < -0.39 is 0 Å². The minimum absolute atomic E-state index is 0.0369. The number of benzene rings is 1. The van der Waals surface area contributed by atoms with E-state index in [1.165, 1.54) is 19.3 Å². The molecule has 2 aromatic rings. The maximum Gasteiger partial charge on any atom is 0.318 e. The minimum Gasteiger partial charge on any atom is -0.345 e. The highest BCUT2D eigenvalue weighted by Gasteiger charge is 2.28. The first-order valence-electron chi connectivity index (χ1n) is 10.3. The van der Waals surface area contributed by atoms with Crippen molar-refractivity contribution in [2.75, 3.05) is 0 Å². The SMILES string of the molecule is CC(C)(C)NC(=O)N(Cc1cccn1Cc1cccc(Cl)c1)C1CCCCC1. The number of nitrogens with one attached hydrogen (secondary N) is 1. The van der Waals surface area contributed by atoms with Crippen LogP contribution in [0, 0.1) is 0 Å². The van der Waals surface area contributed by atoms with E-state index in [1.807, 2.05) is 43.9 Å². The van der Waals surface area contributed by atoms with Crippen LogP contribution in [0.25, 0.3) is 0 Å². The lowest BCUT2D eigenvalue weighted by atomic mass is 9.94. The highest BCUT2D eigenvalue weighted by atomic mass is 35.5. The Labute approximate surface area is 173 Å². The van der Waals surface area contributed by atoms with Gasteiger partial charge in [-0.2, -0.15) is 0 Å². The molecule has 1 fully saturated rings. The Bertz CT molecular complexity index is 787. The van der Waals surface area contributed by atoms with Crippen LogP contribution in [0.2, 0.25) is 5.02 Å². The van der Waals surface area contributed by atoms with Crippen LogP contribution < -0.4 is 5.32 Å². The molecule has 1 N–H and O–H groups in total. The number of carbonyl (C=O) groups excluding carboxylic acids is 1. The standard InChI is InChI=1S/C23H32ClN3O/c1-23(2,3)25-22(28)27(20-11-5-4-6-12-20)17-21-13-8-14-26(21)16-18-9-7-10-19(24)15-18/h7-10,13-15,20H,4-6,11-12,16-17H2,1-3H3,(H,25,28). The van der Waals surface area contributed by atoms with E-state index in [0.717, 1.165) is 35.7 Å². The van der Waals surface area contributed by atoms with Crippen molar-refractivity contribution in [3.8, 4) is 0 Å². The van der Waals surface area contributed by atoms with Crippen LogP contribution in [0.1, 0.15) is 64.1 Å². The number of halogens is 1. The van der Waals surface area contributed by atoms with Crippen LogP contribution in [0.5, 0.6) is 0 Å². The van der Waals surface area contributed by atoms with Gasteiger partial charge in [-0.1, -0.05) is 43.0 Å². The van der Waals surface area contributed by atoms with Crippen molar-refractivity contribution in [2.24, 2.45) is 0 Å². The van der Waals surface area contributed by atoms with Crippen molar-refractivity contribution in [1.82, 2.24) is 14.8 Å². The van der Waals surface area contributed by atoms with E-state index in [0.29, 0.717) is 12.6 Å². The summed E-state index contributed by atoms with van der Waals surface area (Å²) in [6.07, 6.45) is 7.94. The third-order valence-electron chi connectivity index (χ3n) is 5.26. The molecule has 0 unspecified atom stereocenters. The molecule has 28 heavy (non-hydrogen) atoms. The summed E-state index contributed by atoms with van der Waals surface area (Å²) in [5, 5.41) is 3.92. The molecular weight excluding hydrogens is 370 g/mol. The molecule has 1 aromatic heterocycles. The van der Waals surface area contributed by atoms with Crippen molar-refractivity contribution in [3.63, 3.8) is 0 Å². The van der Waals surface area contributed by atoms with Gasteiger partial charge in [0, 0.05) is 35.0 Å². The number of carbonyl (C=O) groups is 1. The quantitative estimate of drug-likeness (QED) is 0.672. The molecule has 1 saturated carbocycles. The zero-order chi connectivity index (χ0) is 20.1. The first kappa shape index (κ1) is 20.8. The fourth-order valence-corrected chi connectivity index (χ4v) is 4.12. The second-order valence-electron chi connectivity index (χ2n) is 8.86. The van der Waals surface area contributed by atoms with Gasteiger partial charge in [0.2, 0.25) is 0 Å².